The molecule has 0 saturated heterocycles. The number of fused-ring (bicyclic) bond motifs is 2. The molecule has 3 rings (SSSR count). The first-order valence-corrected chi connectivity index (χ1v) is 6.48. The molecule has 0 N–H and O–H groups in total. The zero-order valence-corrected chi connectivity index (χ0v) is 10.3. The van der Waals surface area contributed by atoms with Crippen LogP contribution in [0.5, 0.6) is 0 Å². The van der Waals surface area contributed by atoms with Gasteiger partial charge in [0.2, 0.25) is 0 Å². The summed E-state index contributed by atoms with van der Waals surface area (Å²) < 4.78 is 0. The largest absolute Gasteiger partial charge is 0.0730 e. The highest BCUT2D eigenvalue weighted by atomic mass is 14.3. The molecule has 0 bridgehead atoms. The summed E-state index contributed by atoms with van der Waals surface area (Å²) in [5, 5.41) is 0. The van der Waals surface area contributed by atoms with E-state index in [2.05, 4.69) is 38.2 Å². The smallest absolute Gasteiger partial charge is 0.0119 e. The minimum Gasteiger partial charge on any atom is -0.0730 e. The lowest BCUT2D eigenvalue weighted by molar-refractivity contribution is 0.407. The van der Waals surface area contributed by atoms with Crippen molar-refractivity contribution in [1.82, 2.24) is 0 Å². The van der Waals surface area contributed by atoms with Gasteiger partial charge in [-0.25, -0.2) is 0 Å². The standard InChI is InChI=1S/C16H20/c1-11-3-5-13-10-16-8-12(2)4-6-14(16)9-15(13)7-11/h3,5,8,10,14-15H,4,6-7,9H2,1-2H3. The topological polar surface area (TPSA) is 0 Å². The lowest BCUT2D eigenvalue weighted by Crippen LogP contribution is -2.21. The lowest BCUT2D eigenvalue weighted by atomic mass is 9.70. The highest BCUT2D eigenvalue weighted by Gasteiger charge is 2.29. The normalized spacial score (nSPS) is 32.9. The Morgan fingerprint density at radius 2 is 1.81 bits per heavy atom. The zero-order chi connectivity index (χ0) is 11.1. The molecule has 0 radical (unpaired) electrons. The van der Waals surface area contributed by atoms with Crippen LogP contribution in [-0.4, -0.2) is 0 Å². The summed E-state index contributed by atoms with van der Waals surface area (Å²) in [7, 11) is 0. The van der Waals surface area contributed by atoms with E-state index in [0.29, 0.717) is 0 Å². The van der Waals surface area contributed by atoms with Crippen molar-refractivity contribution in [2.24, 2.45) is 11.8 Å². The third-order valence-corrected chi connectivity index (χ3v) is 4.27. The highest BCUT2D eigenvalue weighted by molar-refractivity contribution is 5.43. The SMILES string of the molecule is CC1=CC2=CC3=CC=C(C)CC3CC2CC1. The minimum absolute atomic E-state index is 0.811. The molecule has 0 fully saturated rings. The maximum Gasteiger partial charge on any atom is -0.0119 e. The van der Waals surface area contributed by atoms with Gasteiger partial charge in [0, 0.05) is 0 Å². The summed E-state index contributed by atoms with van der Waals surface area (Å²) in [5.74, 6) is 1.65. The number of hydrogen-bond donors (Lipinski definition) is 0. The first-order valence-electron chi connectivity index (χ1n) is 6.48. The molecule has 16 heavy (non-hydrogen) atoms. The highest BCUT2D eigenvalue weighted by Crippen LogP contribution is 2.43. The number of allylic oxidation sites excluding steroid dienone is 8. The second-order valence-corrected chi connectivity index (χ2v) is 5.69. The van der Waals surface area contributed by atoms with E-state index >= 15 is 0 Å². The van der Waals surface area contributed by atoms with Crippen molar-refractivity contribution in [2.75, 3.05) is 0 Å². The summed E-state index contributed by atoms with van der Waals surface area (Å²) in [4.78, 5) is 0. The molecular weight excluding hydrogens is 192 g/mol. The molecule has 0 aliphatic heterocycles. The van der Waals surface area contributed by atoms with Crippen LogP contribution >= 0.6 is 0 Å². The minimum atomic E-state index is 0.811. The summed E-state index contributed by atoms with van der Waals surface area (Å²) in [6.45, 7) is 4.53. The quantitative estimate of drug-likeness (QED) is 0.552. The Kier molecular flexibility index (Phi) is 2.38. The maximum absolute atomic E-state index is 2.46. The Labute approximate surface area is 98.4 Å². The Bertz CT molecular complexity index is 429. The zero-order valence-electron chi connectivity index (χ0n) is 10.3. The van der Waals surface area contributed by atoms with Crippen LogP contribution in [0.4, 0.5) is 0 Å². The van der Waals surface area contributed by atoms with Gasteiger partial charge in [-0.15, -0.1) is 0 Å². The summed E-state index contributed by atoms with van der Waals surface area (Å²) in [6, 6.07) is 0. The van der Waals surface area contributed by atoms with Crippen LogP contribution in [0.2, 0.25) is 0 Å². The van der Waals surface area contributed by atoms with Gasteiger partial charge >= 0.3 is 0 Å². The van der Waals surface area contributed by atoms with Crippen molar-refractivity contribution in [3.63, 3.8) is 0 Å². The summed E-state index contributed by atoms with van der Waals surface area (Å²) in [6.07, 6.45) is 14.9. The van der Waals surface area contributed by atoms with Gasteiger partial charge < -0.3 is 0 Å². The Morgan fingerprint density at radius 1 is 0.938 bits per heavy atom. The average Bonchev–Trinajstić information content (AvgIpc) is 2.26. The van der Waals surface area contributed by atoms with E-state index in [1.54, 1.807) is 22.3 Å². The molecule has 0 amide bonds. The first kappa shape index (κ1) is 10.1. The van der Waals surface area contributed by atoms with Crippen molar-refractivity contribution in [3.8, 4) is 0 Å². The first-order chi connectivity index (χ1) is 7.72. The lowest BCUT2D eigenvalue weighted by Gasteiger charge is -2.35. The van der Waals surface area contributed by atoms with Crippen LogP contribution in [0.25, 0.3) is 0 Å². The molecule has 0 heterocycles. The van der Waals surface area contributed by atoms with Crippen molar-refractivity contribution < 1.29 is 0 Å². The second-order valence-electron chi connectivity index (χ2n) is 5.69. The third kappa shape index (κ3) is 1.71. The van der Waals surface area contributed by atoms with E-state index in [1.165, 1.54) is 25.7 Å². The predicted octanol–water partition coefficient (Wildman–Crippen LogP) is 4.57. The van der Waals surface area contributed by atoms with Crippen molar-refractivity contribution in [2.45, 2.75) is 39.5 Å². The van der Waals surface area contributed by atoms with Gasteiger partial charge in [0.25, 0.3) is 0 Å². The van der Waals surface area contributed by atoms with Crippen LogP contribution < -0.4 is 0 Å². The molecule has 0 saturated carbocycles. The third-order valence-electron chi connectivity index (χ3n) is 4.27. The monoisotopic (exact) mass is 212 g/mol. The van der Waals surface area contributed by atoms with Crippen LogP contribution in [0.3, 0.4) is 0 Å². The molecule has 0 spiro atoms. The Morgan fingerprint density at radius 3 is 2.69 bits per heavy atom. The van der Waals surface area contributed by atoms with Crippen LogP contribution in [-0.2, 0) is 0 Å². The molecule has 0 heteroatoms. The summed E-state index contributed by atoms with van der Waals surface area (Å²) >= 11 is 0. The van der Waals surface area contributed by atoms with Gasteiger partial charge in [-0.3, -0.25) is 0 Å². The molecular formula is C16H20. The van der Waals surface area contributed by atoms with E-state index in [1.807, 2.05) is 0 Å². The maximum atomic E-state index is 2.46. The van der Waals surface area contributed by atoms with Crippen LogP contribution in [0, 0.1) is 11.8 Å². The molecule has 0 nitrogen and oxygen atoms in total. The number of hydrogen-bond acceptors (Lipinski definition) is 0. The fourth-order valence-corrected chi connectivity index (χ4v) is 3.33. The Balaban J connectivity index is 1.97. The van der Waals surface area contributed by atoms with Gasteiger partial charge in [0.1, 0.15) is 0 Å². The van der Waals surface area contributed by atoms with Crippen molar-refractivity contribution >= 4 is 0 Å². The molecule has 3 aliphatic rings. The van der Waals surface area contributed by atoms with Gasteiger partial charge in [0.15, 0.2) is 0 Å². The van der Waals surface area contributed by atoms with E-state index in [4.69, 9.17) is 0 Å². The molecule has 3 aliphatic carbocycles. The van der Waals surface area contributed by atoms with Gasteiger partial charge in [-0.1, -0.05) is 35.5 Å². The van der Waals surface area contributed by atoms with Gasteiger partial charge in [-0.2, -0.15) is 0 Å². The fourth-order valence-electron chi connectivity index (χ4n) is 3.33. The average molecular weight is 212 g/mol. The molecule has 0 aromatic carbocycles. The van der Waals surface area contributed by atoms with Crippen LogP contribution in [0.1, 0.15) is 39.5 Å². The van der Waals surface area contributed by atoms with E-state index in [-0.39, 0.29) is 0 Å². The van der Waals surface area contributed by atoms with E-state index in [9.17, 15) is 0 Å². The van der Waals surface area contributed by atoms with Crippen molar-refractivity contribution in [1.29, 1.82) is 0 Å². The Hall–Kier alpha value is -1.04. The molecule has 2 atom stereocenters. The van der Waals surface area contributed by atoms with Gasteiger partial charge in [0.05, 0.1) is 0 Å². The molecule has 2 unspecified atom stereocenters. The number of rotatable bonds is 0. The molecule has 0 aromatic rings. The fraction of sp³-hybridized carbons (Fsp3) is 0.500. The molecule has 84 valence electrons. The summed E-state index contributed by atoms with van der Waals surface area (Å²) in [5.41, 5.74) is 6.28. The molecule has 0 aromatic heterocycles. The van der Waals surface area contributed by atoms with Crippen molar-refractivity contribution in [3.05, 3.63) is 46.6 Å². The predicted molar refractivity (Wildman–Crippen MR) is 69.1 cm³/mol. The van der Waals surface area contributed by atoms with E-state index < -0.39 is 0 Å². The van der Waals surface area contributed by atoms with Gasteiger partial charge in [-0.05, 0) is 62.5 Å². The van der Waals surface area contributed by atoms with Crippen LogP contribution in [0.15, 0.2) is 46.6 Å². The second kappa shape index (κ2) is 3.76. The van der Waals surface area contributed by atoms with E-state index in [0.717, 1.165) is 11.8 Å².